The summed E-state index contributed by atoms with van der Waals surface area (Å²) in [6, 6.07) is 8.85. The molecule has 0 atom stereocenters. The van der Waals surface area contributed by atoms with E-state index in [1.54, 1.807) is 20.0 Å². The van der Waals surface area contributed by atoms with E-state index in [2.05, 4.69) is 4.74 Å². The third-order valence-corrected chi connectivity index (χ3v) is 3.66. The number of methoxy groups -OCH3 is 1. The highest BCUT2D eigenvalue weighted by atomic mass is 19.1. The quantitative estimate of drug-likeness (QED) is 0.587. The van der Waals surface area contributed by atoms with Gasteiger partial charge in [-0.15, -0.1) is 0 Å². The van der Waals surface area contributed by atoms with Crippen molar-refractivity contribution in [2.75, 3.05) is 19.2 Å². The van der Waals surface area contributed by atoms with Crippen molar-refractivity contribution in [3.05, 3.63) is 58.4 Å². The molecule has 0 radical (unpaired) electrons. The van der Waals surface area contributed by atoms with Crippen LogP contribution in [0.4, 0.5) is 10.1 Å². The molecule has 2 rings (SSSR count). The zero-order chi connectivity index (χ0) is 21.0. The van der Waals surface area contributed by atoms with Crippen molar-refractivity contribution in [3.8, 4) is 5.75 Å². The van der Waals surface area contributed by atoms with Crippen LogP contribution in [0.5, 0.6) is 5.75 Å². The number of halogens is 1. The molecule has 0 amide bonds. The van der Waals surface area contributed by atoms with Gasteiger partial charge >= 0.3 is 0 Å². The molecule has 0 saturated carbocycles. The molecule has 0 aromatic heterocycles. The van der Waals surface area contributed by atoms with Gasteiger partial charge in [-0.05, 0) is 55.7 Å². The Bertz CT molecular complexity index is 718. The van der Waals surface area contributed by atoms with Gasteiger partial charge in [0.25, 0.3) is 6.47 Å². The van der Waals surface area contributed by atoms with E-state index in [1.165, 1.54) is 13.2 Å². The monoisotopic (exact) mass is 379 g/mol. The summed E-state index contributed by atoms with van der Waals surface area (Å²) in [5.41, 5.74) is 3.95. The van der Waals surface area contributed by atoms with E-state index in [0.717, 1.165) is 21.8 Å². The van der Waals surface area contributed by atoms with E-state index < -0.39 is 0 Å². The summed E-state index contributed by atoms with van der Waals surface area (Å²) in [5.74, 6) is 0.426. The molecule has 0 aliphatic carbocycles. The number of aryl methyl sites for hydroxylation is 3. The number of hydroxylamine groups is 1. The van der Waals surface area contributed by atoms with Crippen LogP contribution in [0.15, 0.2) is 30.3 Å². The summed E-state index contributed by atoms with van der Waals surface area (Å²) in [5, 5.41) is 10.8. The lowest BCUT2D eigenvalue weighted by Crippen LogP contribution is -2.14. The van der Waals surface area contributed by atoms with Crippen LogP contribution in [0.1, 0.15) is 36.1 Å². The first kappa shape index (κ1) is 24.4. The minimum atomic E-state index is -0.230. The maximum atomic E-state index is 13.5. The topological polar surface area (TPSA) is 59.0 Å². The zero-order valence-corrected chi connectivity index (χ0v) is 17.2. The van der Waals surface area contributed by atoms with Crippen molar-refractivity contribution in [2.24, 2.45) is 0 Å². The second-order valence-electron chi connectivity index (χ2n) is 5.58. The Hall–Kier alpha value is -2.60. The van der Waals surface area contributed by atoms with Gasteiger partial charge in [0.1, 0.15) is 18.2 Å². The highest BCUT2D eigenvalue weighted by Gasteiger charge is 2.11. The smallest absolute Gasteiger partial charge is 0.292 e. The molecule has 0 aliphatic heterocycles. The first-order valence-electron chi connectivity index (χ1n) is 8.68. The number of nitrogens with zero attached hydrogens (tertiary/aromatic N) is 1. The summed E-state index contributed by atoms with van der Waals surface area (Å²) in [6.45, 7) is 10.2. The molecule has 5 nitrogen and oxygen atoms in total. The molecular formula is C21H30FNO4. The average Bonchev–Trinajstić information content (AvgIpc) is 2.66. The Labute approximate surface area is 161 Å². The molecule has 2 aromatic carbocycles. The minimum Gasteiger partial charge on any atom is -0.489 e. The van der Waals surface area contributed by atoms with Gasteiger partial charge in [-0.3, -0.25) is 15.1 Å². The van der Waals surface area contributed by atoms with Crippen molar-refractivity contribution >= 4 is 12.2 Å². The maximum absolute atomic E-state index is 13.5. The lowest BCUT2D eigenvalue weighted by Gasteiger charge is -2.19. The third kappa shape index (κ3) is 7.66. The molecule has 0 saturated heterocycles. The second kappa shape index (κ2) is 12.7. The number of rotatable bonds is 5. The molecule has 150 valence electrons. The fraction of sp³-hybridized carbons (Fsp3) is 0.381. The standard InChI is InChI=1S/C17H20FNO2.C2H4O2.C2H6/c1-11-6-5-7-16(19(4)20)14(11)10-21-17-9-12(2)15(18)8-13(17)3;1-4-2-3;1-2/h5-9,20H,10H2,1-4H3;2H,1H3;1-2H3. The molecule has 2 aromatic rings. The summed E-state index contributed by atoms with van der Waals surface area (Å²) < 4.78 is 23.1. The number of benzene rings is 2. The number of anilines is 1. The summed E-state index contributed by atoms with van der Waals surface area (Å²) in [6.07, 6.45) is 0. The van der Waals surface area contributed by atoms with Crippen LogP contribution in [0.3, 0.4) is 0 Å². The van der Waals surface area contributed by atoms with Crippen LogP contribution in [0.25, 0.3) is 0 Å². The van der Waals surface area contributed by atoms with Crippen molar-refractivity contribution < 1.29 is 23.9 Å². The molecule has 6 heteroatoms. The van der Waals surface area contributed by atoms with Crippen molar-refractivity contribution in [1.82, 2.24) is 0 Å². The van der Waals surface area contributed by atoms with E-state index in [1.807, 2.05) is 45.9 Å². The molecule has 0 unspecified atom stereocenters. The molecule has 1 N–H and O–H groups in total. The van der Waals surface area contributed by atoms with E-state index in [0.29, 0.717) is 30.1 Å². The Kier molecular flexibility index (Phi) is 11.5. The predicted molar refractivity (Wildman–Crippen MR) is 106 cm³/mol. The largest absolute Gasteiger partial charge is 0.489 e. The molecule has 0 heterocycles. The maximum Gasteiger partial charge on any atom is 0.292 e. The van der Waals surface area contributed by atoms with E-state index in [-0.39, 0.29) is 5.82 Å². The van der Waals surface area contributed by atoms with Crippen molar-refractivity contribution in [3.63, 3.8) is 0 Å². The average molecular weight is 379 g/mol. The molecule has 0 fully saturated rings. The molecule has 27 heavy (non-hydrogen) atoms. The fourth-order valence-corrected chi connectivity index (χ4v) is 2.24. The number of hydrogen-bond acceptors (Lipinski definition) is 5. The Morgan fingerprint density at radius 3 is 2.22 bits per heavy atom. The van der Waals surface area contributed by atoms with E-state index >= 15 is 0 Å². The van der Waals surface area contributed by atoms with Crippen LogP contribution in [-0.4, -0.2) is 25.8 Å². The van der Waals surface area contributed by atoms with Gasteiger partial charge in [0.05, 0.1) is 12.8 Å². The van der Waals surface area contributed by atoms with Crippen LogP contribution in [-0.2, 0) is 16.1 Å². The highest BCUT2D eigenvalue weighted by molar-refractivity contribution is 5.54. The zero-order valence-electron chi connectivity index (χ0n) is 17.2. The summed E-state index contributed by atoms with van der Waals surface area (Å²) in [4.78, 5) is 8.95. The van der Waals surface area contributed by atoms with Gasteiger partial charge < -0.3 is 9.47 Å². The van der Waals surface area contributed by atoms with Gasteiger partial charge in [0, 0.05) is 12.6 Å². The lowest BCUT2D eigenvalue weighted by atomic mass is 10.1. The Balaban J connectivity index is 0.000000998. The fourth-order valence-electron chi connectivity index (χ4n) is 2.24. The van der Waals surface area contributed by atoms with Gasteiger partial charge in [0.15, 0.2) is 0 Å². The molecule has 0 aliphatic rings. The SMILES string of the molecule is CC.COC=O.Cc1cc(OCc2c(C)cccc2N(C)O)c(C)cc1F. The molecular weight excluding hydrogens is 349 g/mol. The van der Waals surface area contributed by atoms with E-state index in [4.69, 9.17) is 9.53 Å². The number of ether oxygens (including phenoxy) is 2. The van der Waals surface area contributed by atoms with Gasteiger partial charge in [0.2, 0.25) is 0 Å². The summed E-state index contributed by atoms with van der Waals surface area (Å²) >= 11 is 0. The van der Waals surface area contributed by atoms with Crippen LogP contribution < -0.4 is 9.80 Å². The Morgan fingerprint density at radius 2 is 1.70 bits per heavy atom. The summed E-state index contributed by atoms with van der Waals surface area (Å²) in [7, 11) is 2.89. The lowest BCUT2D eigenvalue weighted by molar-refractivity contribution is -0.126. The number of carbonyl (C=O) groups excluding carboxylic acids is 1. The predicted octanol–water partition coefficient (Wildman–Crippen LogP) is 4.97. The van der Waals surface area contributed by atoms with Gasteiger partial charge in [-0.2, -0.15) is 0 Å². The van der Waals surface area contributed by atoms with Crippen LogP contribution in [0.2, 0.25) is 0 Å². The van der Waals surface area contributed by atoms with Crippen LogP contribution in [0, 0.1) is 26.6 Å². The third-order valence-electron chi connectivity index (χ3n) is 3.66. The number of hydrogen-bond donors (Lipinski definition) is 1. The minimum absolute atomic E-state index is 0.230. The normalized spacial score (nSPS) is 9.22. The molecule has 0 spiro atoms. The van der Waals surface area contributed by atoms with Crippen LogP contribution >= 0.6 is 0 Å². The first-order valence-corrected chi connectivity index (χ1v) is 8.68. The van der Waals surface area contributed by atoms with E-state index in [9.17, 15) is 9.60 Å². The number of carbonyl (C=O) groups is 1. The Morgan fingerprint density at radius 1 is 1.11 bits per heavy atom. The van der Waals surface area contributed by atoms with Gasteiger partial charge in [-0.1, -0.05) is 26.0 Å². The molecule has 0 bridgehead atoms. The van der Waals surface area contributed by atoms with Gasteiger partial charge in [-0.25, -0.2) is 4.39 Å². The first-order chi connectivity index (χ1) is 12.8. The highest BCUT2D eigenvalue weighted by Crippen LogP contribution is 2.26. The van der Waals surface area contributed by atoms with Crippen molar-refractivity contribution in [2.45, 2.75) is 41.2 Å². The van der Waals surface area contributed by atoms with Crippen molar-refractivity contribution in [1.29, 1.82) is 0 Å². The second-order valence-corrected chi connectivity index (χ2v) is 5.58.